The lowest BCUT2D eigenvalue weighted by Gasteiger charge is -2.38. The zero-order valence-electron chi connectivity index (χ0n) is 13.9. The van der Waals surface area contributed by atoms with Gasteiger partial charge in [0, 0.05) is 12.8 Å². The topological polar surface area (TPSA) is 154 Å². The number of carbonyl (C=O) groups is 2. The van der Waals surface area contributed by atoms with Crippen molar-refractivity contribution < 1.29 is 44.9 Å². The molecule has 1 aliphatic carbocycles. The number of rotatable bonds is 6. The molecule has 0 radical (unpaired) electrons. The fourth-order valence-corrected chi connectivity index (χ4v) is 2.55. The Labute approximate surface area is 148 Å². The highest BCUT2D eigenvalue weighted by atomic mass is 17.2. The van der Waals surface area contributed by atoms with Crippen molar-refractivity contribution in [2.24, 2.45) is 0 Å². The Hall–Kier alpha value is -2.46. The van der Waals surface area contributed by atoms with Gasteiger partial charge in [0.05, 0.1) is 6.10 Å². The van der Waals surface area contributed by atoms with Gasteiger partial charge in [-0.05, 0) is 30.7 Å². The summed E-state index contributed by atoms with van der Waals surface area (Å²) >= 11 is 0. The highest BCUT2D eigenvalue weighted by Crippen LogP contribution is 2.33. The van der Waals surface area contributed by atoms with Crippen LogP contribution in [0.15, 0.2) is 24.3 Å². The molecule has 4 atom stereocenters. The maximum atomic E-state index is 11.2. The van der Waals surface area contributed by atoms with Crippen LogP contribution in [0.25, 0.3) is 6.08 Å². The first-order valence-electron chi connectivity index (χ1n) is 7.79. The Morgan fingerprint density at radius 2 is 1.96 bits per heavy atom. The van der Waals surface area contributed by atoms with Gasteiger partial charge in [-0.25, -0.2) is 4.79 Å². The maximum absolute atomic E-state index is 11.2. The van der Waals surface area contributed by atoms with Crippen molar-refractivity contribution >= 4 is 17.8 Å². The molecule has 0 bridgehead atoms. The molecular weight excluding hydrogens is 348 g/mol. The highest BCUT2D eigenvalue weighted by Gasteiger charge is 2.50. The summed E-state index contributed by atoms with van der Waals surface area (Å²) in [5.41, 5.74) is -1.76. The molecule has 1 aromatic rings. The van der Waals surface area contributed by atoms with E-state index in [4.69, 9.17) is 14.9 Å². The van der Waals surface area contributed by atoms with Gasteiger partial charge in [0.2, 0.25) is 5.75 Å². The number of carboxylic acid groups (broad SMARTS) is 1. The molecular formula is C17H20O9. The second-order valence-electron chi connectivity index (χ2n) is 6.19. The number of allylic oxidation sites excluding steroid dienone is 1. The molecule has 0 heterocycles. The van der Waals surface area contributed by atoms with Gasteiger partial charge in [0.25, 0.3) is 0 Å². The first-order valence-corrected chi connectivity index (χ1v) is 7.79. The third-order valence-corrected chi connectivity index (χ3v) is 4.01. The lowest BCUT2D eigenvalue weighted by molar-refractivity contribution is -0.297. The minimum absolute atomic E-state index is 0.151. The van der Waals surface area contributed by atoms with Crippen LogP contribution >= 0.6 is 0 Å². The number of phenolic OH excluding ortho intramolecular Hbond substituents is 1. The smallest absolute Gasteiger partial charge is 0.335 e. The minimum atomic E-state index is -2.28. The number of carbonyl (C=O) groups excluding carboxylic acids is 1. The predicted octanol–water partition coefficient (Wildman–Crippen LogP) is 0.00470. The highest BCUT2D eigenvalue weighted by molar-refractivity contribution is 5.91. The summed E-state index contributed by atoms with van der Waals surface area (Å²) in [6.07, 6.45) is -2.65. The molecule has 142 valence electrons. The lowest BCUT2D eigenvalue weighted by atomic mass is 9.80. The molecule has 0 aromatic heterocycles. The number of hydrogen-bond donors (Lipinski definition) is 5. The van der Waals surface area contributed by atoms with Crippen LogP contribution in [0.5, 0.6) is 11.5 Å². The Bertz CT molecular complexity index is 714. The third kappa shape index (κ3) is 4.58. The van der Waals surface area contributed by atoms with Crippen molar-refractivity contribution in [2.45, 2.75) is 43.7 Å². The Kier molecular flexibility index (Phi) is 5.98. The number of carboxylic acids is 1. The van der Waals surface area contributed by atoms with Gasteiger partial charge < -0.3 is 30.4 Å². The molecule has 1 saturated carbocycles. The Balaban J connectivity index is 2.12. The van der Waals surface area contributed by atoms with Crippen molar-refractivity contribution in [3.05, 3.63) is 29.8 Å². The molecule has 1 fully saturated rings. The van der Waals surface area contributed by atoms with E-state index in [-0.39, 0.29) is 17.3 Å². The van der Waals surface area contributed by atoms with E-state index in [0.29, 0.717) is 5.56 Å². The third-order valence-electron chi connectivity index (χ3n) is 4.01. The van der Waals surface area contributed by atoms with Gasteiger partial charge in [0.1, 0.15) is 12.2 Å². The molecule has 5 N–H and O–H groups in total. The van der Waals surface area contributed by atoms with Crippen LogP contribution in [0.1, 0.15) is 25.3 Å². The van der Waals surface area contributed by atoms with E-state index in [2.05, 4.69) is 0 Å². The van der Waals surface area contributed by atoms with Crippen LogP contribution < -0.4 is 4.89 Å². The molecule has 0 unspecified atom stereocenters. The summed E-state index contributed by atoms with van der Waals surface area (Å²) in [5, 5.41) is 48.6. The Morgan fingerprint density at radius 3 is 2.58 bits per heavy atom. The molecule has 0 saturated heterocycles. The van der Waals surface area contributed by atoms with E-state index in [9.17, 15) is 30.0 Å². The number of phenols is 1. The molecule has 0 amide bonds. The number of ketones is 1. The van der Waals surface area contributed by atoms with E-state index in [1.165, 1.54) is 37.3 Å². The molecule has 0 spiro atoms. The van der Waals surface area contributed by atoms with Crippen LogP contribution in [0, 0.1) is 0 Å². The Morgan fingerprint density at radius 1 is 1.27 bits per heavy atom. The first kappa shape index (κ1) is 19.9. The molecule has 1 aliphatic rings. The van der Waals surface area contributed by atoms with Crippen molar-refractivity contribution in [3.63, 3.8) is 0 Å². The minimum Gasteiger partial charge on any atom is -0.504 e. The van der Waals surface area contributed by atoms with Crippen LogP contribution in [0.4, 0.5) is 0 Å². The molecule has 1 aromatic carbocycles. The van der Waals surface area contributed by atoms with Crippen LogP contribution in [0.3, 0.4) is 0 Å². The second kappa shape index (κ2) is 7.83. The molecule has 2 rings (SSSR count). The van der Waals surface area contributed by atoms with Crippen molar-refractivity contribution in [3.8, 4) is 11.5 Å². The van der Waals surface area contributed by atoms with Crippen molar-refractivity contribution in [1.82, 2.24) is 0 Å². The van der Waals surface area contributed by atoms with E-state index in [1.54, 1.807) is 0 Å². The van der Waals surface area contributed by atoms with Gasteiger partial charge in [-0.15, -0.1) is 0 Å². The van der Waals surface area contributed by atoms with Gasteiger partial charge in [-0.1, -0.05) is 12.1 Å². The van der Waals surface area contributed by atoms with Crippen LogP contribution in [-0.4, -0.2) is 61.2 Å². The molecule has 0 aliphatic heterocycles. The van der Waals surface area contributed by atoms with E-state index in [1.807, 2.05) is 0 Å². The summed E-state index contributed by atoms with van der Waals surface area (Å²) in [6.45, 7) is 1.37. The summed E-state index contributed by atoms with van der Waals surface area (Å²) in [5.74, 6) is -2.19. The first-order chi connectivity index (χ1) is 12.1. The number of hydrogen-bond acceptors (Lipinski definition) is 8. The summed E-state index contributed by atoms with van der Waals surface area (Å²) in [6, 6.07) is 4.16. The lowest BCUT2D eigenvalue weighted by Crippen LogP contribution is -2.57. The fourth-order valence-electron chi connectivity index (χ4n) is 2.55. The average Bonchev–Trinajstić information content (AvgIpc) is 2.56. The number of benzene rings is 1. The largest absolute Gasteiger partial charge is 0.504 e. The SMILES string of the molecule is CC(=O)/C=C/c1ccc(O)c(OO[C@H]2C[C@@](O)(C(=O)O)C[C@H](O)[C@@H]2O)c1. The fraction of sp³-hybridized carbons (Fsp3) is 0.412. The summed E-state index contributed by atoms with van der Waals surface area (Å²) < 4.78 is 0. The normalized spacial score (nSPS) is 28.8. The van der Waals surface area contributed by atoms with Crippen molar-refractivity contribution in [1.29, 1.82) is 0 Å². The average molecular weight is 368 g/mol. The molecule has 26 heavy (non-hydrogen) atoms. The molecule has 9 nitrogen and oxygen atoms in total. The van der Waals surface area contributed by atoms with Gasteiger partial charge in [-0.3, -0.25) is 4.79 Å². The van der Waals surface area contributed by atoms with Gasteiger partial charge in [-0.2, -0.15) is 4.89 Å². The van der Waals surface area contributed by atoms with Crippen LogP contribution in [0.2, 0.25) is 0 Å². The summed E-state index contributed by atoms with van der Waals surface area (Å²) in [7, 11) is 0. The number of aliphatic carboxylic acids is 1. The zero-order chi connectivity index (χ0) is 19.5. The second-order valence-corrected chi connectivity index (χ2v) is 6.19. The number of aromatic hydroxyl groups is 1. The zero-order valence-corrected chi connectivity index (χ0v) is 13.9. The van der Waals surface area contributed by atoms with Gasteiger partial charge in [0.15, 0.2) is 17.1 Å². The molecule has 9 heteroatoms. The van der Waals surface area contributed by atoms with E-state index >= 15 is 0 Å². The standard InChI is InChI=1S/C17H20O9/c1-9(18)2-3-10-4-5-11(19)13(6-10)25-26-14-8-17(24,16(22)23)7-12(20)15(14)21/h2-6,12,14-15,19-21,24H,7-8H2,1H3,(H,22,23)/b3-2+/t12-,14-,15-,17+/m0/s1. The summed E-state index contributed by atoms with van der Waals surface area (Å²) in [4.78, 5) is 32.1. The van der Waals surface area contributed by atoms with Crippen LogP contribution in [-0.2, 0) is 14.5 Å². The van der Waals surface area contributed by atoms with Crippen molar-refractivity contribution in [2.75, 3.05) is 0 Å². The van der Waals surface area contributed by atoms with Gasteiger partial charge >= 0.3 is 5.97 Å². The van der Waals surface area contributed by atoms with E-state index < -0.39 is 42.7 Å². The monoisotopic (exact) mass is 368 g/mol. The van der Waals surface area contributed by atoms with E-state index in [0.717, 1.165) is 0 Å². The quantitative estimate of drug-likeness (QED) is 0.265. The number of aliphatic hydroxyl groups is 3. The maximum Gasteiger partial charge on any atom is 0.335 e. The number of aliphatic hydroxyl groups excluding tert-OH is 2. The predicted molar refractivity (Wildman–Crippen MR) is 87.2 cm³/mol.